The first kappa shape index (κ1) is 19.7. The van der Waals surface area contributed by atoms with E-state index in [4.69, 9.17) is 16.3 Å². The Morgan fingerprint density at radius 1 is 1.26 bits per heavy atom. The number of ether oxygens (including phenoxy) is 1. The average molecular weight is 451 g/mol. The average Bonchev–Trinajstić information content (AvgIpc) is 2.97. The molecule has 0 saturated heterocycles. The van der Waals surface area contributed by atoms with Crippen molar-refractivity contribution < 1.29 is 9.53 Å². The highest BCUT2D eigenvalue weighted by Crippen LogP contribution is 2.23. The summed E-state index contributed by atoms with van der Waals surface area (Å²) < 4.78 is 6.42. The van der Waals surface area contributed by atoms with Gasteiger partial charge in [-0.15, -0.1) is 0 Å². The van der Waals surface area contributed by atoms with Crippen LogP contribution in [0.5, 0.6) is 0 Å². The summed E-state index contributed by atoms with van der Waals surface area (Å²) in [4.78, 5) is 20.2. The topological polar surface area (TPSA) is 67.0 Å². The van der Waals surface area contributed by atoms with Gasteiger partial charge in [0.05, 0.1) is 17.1 Å². The van der Waals surface area contributed by atoms with E-state index < -0.39 is 11.7 Å². The van der Waals surface area contributed by atoms with Crippen LogP contribution < -0.4 is 5.32 Å². The second-order valence-corrected chi connectivity index (χ2v) is 8.67. The van der Waals surface area contributed by atoms with Crippen molar-refractivity contribution in [3.8, 4) is 0 Å². The van der Waals surface area contributed by atoms with Crippen LogP contribution >= 0.6 is 27.5 Å². The van der Waals surface area contributed by atoms with Crippen LogP contribution in [0.25, 0.3) is 11.0 Å². The van der Waals surface area contributed by atoms with Crippen molar-refractivity contribution in [3.63, 3.8) is 0 Å². The van der Waals surface area contributed by atoms with Gasteiger partial charge in [0.1, 0.15) is 11.4 Å². The Labute approximate surface area is 171 Å². The fourth-order valence-corrected chi connectivity index (χ4v) is 3.13. The summed E-state index contributed by atoms with van der Waals surface area (Å²) in [5.41, 5.74) is 2.11. The minimum absolute atomic E-state index is 0.368. The Bertz CT molecular complexity index is 948. The number of carbonyl (C=O) groups excluding carboxylic acids is 1. The zero-order valence-corrected chi connectivity index (χ0v) is 17.7. The molecule has 142 valence electrons. The molecule has 3 aromatic rings. The highest BCUT2D eigenvalue weighted by molar-refractivity contribution is 9.10. The molecule has 0 spiro atoms. The summed E-state index contributed by atoms with van der Waals surface area (Å²) in [6.07, 6.45) is 0.0863. The second-order valence-electron chi connectivity index (χ2n) is 7.31. The third kappa shape index (κ3) is 5.47. The smallest absolute Gasteiger partial charge is 0.408 e. The summed E-state index contributed by atoms with van der Waals surface area (Å²) in [7, 11) is 0. The van der Waals surface area contributed by atoms with Crippen LogP contribution in [-0.4, -0.2) is 21.7 Å². The van der Waals surface area contributed by atoms with Gasteiger partial charge in [-0.1, -0.05) is 39.7 Å². The number of hydrogen-bond donors (Lipinski definition) is 2. The van der Waals surface area contributed by atoms with Gasteiger partial charge in [0.25, 0.3) is 0 Å². The van der Waals surface area contributed by atoms with Gasteiger partial charge < -0.3 is 15.0 Å². The number of aromatic nitrogens is 2. The number of hydrogen-bond acceptors (Lipinski definition) is 3. The van der Waals surface area contributed by atoms with Crippen molar-refractivity contribution in [1.29, 1.82) is 0 Å². The molecule has 0 unspecified atom stereocenters. The van der Waals surface area contributed by atoms with Gasteiger partial charge in [-0.3, -0.25) is 0 Å². The number of benzene rings is 2. The van der Waals surface area contributed by atoms with Crippen molar-refractivity contribution in [1.82, 2.24) is 15.3 Å². The molecule has 2 N–H and O–H groups in total. The van der Waals surface area contributed by atoms with Crippen molar-refractivity contribution in [3.05, 3.63) is 63.3 Å². The standard InChI is InChI=1S/C20H21BrClN3O2/c1-20(2,3)27-19(26)25-17(10-12-4-6-13(21)7-5-12)18-23-15-9-8-14(22)11-16(15)24-18/h4-9,11,17H,10H2,1-3H3,(H,23,24)(H,25,26)/t17-/m1/s1. The molecule has 5 nitrogen and oxygen atoms in total. The van der Waals surface area contributed by atoms with Crippen molar-refractivity contribution in [2.24, 2.45) is 0 Å². The molecular formula is C20H21BrClN3O2. The number of nitrogens with zero attached hydrogens (tertiary/aromatic N) is 1. The van der Waals surface area contributed by atoms with Gasteiger partial charge in [0.2, 0.25) is 0 Å². The fraction of sp³-hybridized carbons (Fsp3) is 0.300. The number of rotatable bonds is 4. The monoisotopic (exact) mass is 449 g/mol. The van der Waals surface area contributed by atoms with E-state index in [9.17, 15) is 4.79 Å². The van der Waals surface area contributed by atoms with Crippen LogP contribution in [-0.2, 0) is 11.2 Å². The molecule has 0 aliphatic rings. The minimum atomic E-state index is -0.576. The molecular weight excluding hydrogens is 430 g/mol. The normalized spacial score (nSPS) is 12.8. The van der Waals surface area contributed by atoms with Gasteiger partial charge in [-0.05, 0) is 56.7 Å². The van der Waals surface area contributed by atoms with Crippen LogP contribution in [0.15, 0.2) is 46.9 Å². The molecule has 0 saturated carbocycles. The number of halogens is 2. The van der Waals surface area contributed by atoms with Gasteiger partial charge in [-0.2, -0.15) is 0 Å². The van der Waals surface area contributed by atoms with Crippen LogP contribution in [0.3, 0.4) is 0 Å². The Balaban J connectivity index is 1.89. The van der Waals surface area contributed by atoms with Crippen molar-refractivity contribution >= 4 is 44.7 Å². The molecule has 1 heterocycles. The van der Waals surface area contributed by atoms with Gasteiger partial charge in [0, 0.05) is 15.9 Å². The van der Waals surface area contributed by atoms with Crippen LogP contribution in [0, 0.1) is 0 Å². The number of carbonyl (C=O) groups is 1. The number of H-pyrrole nitrogens is 1. The Morgan fingerprint density at radius 3 is 2.63 bits per heavy atom. The number of amides is 1. The summed E-state index contributed by atoms with van der Waals surface area (Å²) in [6.45, 7) is 5.50. The van der Waals surface area contributed by atoms with Crippen LogP contribution in [0.2, 0.25) is 5.02 Å². The molecule has 1 aromatic heterocycles. The van der Waals surface area contributed by atoms with Crippen LogP contribution in [0.4, 0.5) is 4.79 Å². The highest BCUT2D eigenvalue weighted by Gasteiger charge is 2.23. The van der Waals surface area contributed by atoms with Gasteiger partial charge in [-0.25, -0.2) is 9.78 Å². The third-order valence-corrected chi connectivity index (χ3v) is 4.60. The summed E-state index contributed by atoms with van der Waals surface area (Å²) in [5, 5.41) is 3.56. The number of fused-ring (bicyclic) bond motifs is 1. The van der Waals surface area contributed by atoms with Crippen LogP contribution in [0.1, 0.15) is 38.2 Å². The molecule has 0 aliphatic heterocycles. The lowest BCUT2D eigenvalue weighted by molar-refractivity contribution is 0.0501. The molecule has 0 bridgehead atoms. The van der Waals surface area contributed by atoms with Gasteiger partial charge in [0.15, 0.2) is 0 Å². The molecule has 1 atom stereocenters. The highest BCUT2D eigenvalue weighted by atomic mass is 79.9. The summed E-state index contributed by atoms with van der Waals surface area (Å²) >= 11 is 9.51. The lowest BCUT2D eigenvalue weighted by Gasteiger charge is -2.23. The summed E-state index contributed by atoms with van der Waals surface area (Å²) in [6, 6.07) is 13.0. The number of imidazole rings is 1. The lowest BCUT2D eigenvalue weighted by Crippen LogP contribution is -2.36. The SMILES string of the molecule is CC(C)(C)OC(=O)N[C@H](Cc1ccc(Br)cc1)c1nc2ccc(Cl)cc2[nH]1. The summed E-state index contributed by atoms with van der Waals surface area (Å²) in [5.74, 6) is 0.654. The zero-order valence-electron chi connectivity index (χ0n) is 15.3. The number of nitrogens with one attached hydrogen (secondary N) is 2. The van der Waals surface area contributed by atoms with E-state index in [1.807, 2.05) is 57.2 Å². The maximum atomic E-state index is 12.4. The quantitative estimate of drug-likeness (QED) is 0.529. The maximum absolute atomic E-state index is 12.4. The lowest BCUT2D eigenvalue weighted by atomic mass is 10.1. The molecule has 0 aliphatic carbocycles. The van der Waals surface area contributed by atoms with Gasteiger partial charge >= 0.3 is 6.09 Å². The molecule has 1 amide bonds. The molecule has 27 heavy (non-hydrogen) atoms. The number of alkyl carbamates (subject to hydrolysis) is 1. The van der Waals surface area contributed by atoms with E-state index in [0.29, 0.717) is 17.3 Å². The fourth-order valence-electron chi connectivity index (χ4n) is 2.69. The molecule has 7 heteroatoms. The number of aromatic amines is 1. The molecule has 3 rings (SSSR count). The van der Waals surface area contributed by atoms with E-state index in [2.05, 4.69) is 31.2 Å². The van der Waals surface area contributed by atoms with Crippen molar-refractivity contribution in [2.75, 3.05) is 0 Å². The maximum Gasteiger partial charge on any atom is 0.408 e. The zero-order chi connectivity index (χ0) is 19.6. The van der Waals surface area contributed by atoms with E-state index in [0.717, 1.165) is 21.1 Å². The predicted octanol–water partition coefficient (Wildman–Crippen LogP) is 5.79. The molecule has 0 radical (unpaired) electrons. The minimum Gasteiger partial charge on any atom is -0.444 e. The third-order valence-electron chi connectivity index (χ3n) is 3.84. The first-order chi connectivity index (χ1) is 12.7. The Kier molecular flexibility index (Phi) is 5.77. The van der Waals surface area contributed by atoms with Crippen molar-refractivity contribution in [2.45, 2.75) is 38.8 Å². The second kappa shape index (κ2) is 7.90. The first-order valence-corrected chi connectivity index (χ1v) is 9.76. The van der Waals surface area contributed by atoms with E-state index in [1.165, 1.54) is 0 Å². The molecule has 2 aromatic carbocycles. The first-order valence-electron chi connectivity index (χ1n) is 8.59. The Hall–Kier alpha value is -2.05. The van der Waals surface area contributed by atoms with E-state index in [-0.39, 0.29) is 6.04 Å². The largest absolute Gasteiger partial charge is 0.444 e. The molecule has 0 fully saturated rings. The van der Waals surface area contributed by atoms with E-state index in [1.54, 1.807) is 6.07 Å². The Morgan fingerprint density at radius 2 is 1.96 bits per heavy atom. The van der Waals surface area contributed by atoms with E-state index >= 15 is 0 Å². The predicted molar refractivity (Wildman–Crippen MR) is 111 cm³/mol.